The van der Waals surface area contributed by atoms with Gasteiger partial charge in [-0.15, -0.1) is 0 Å². The molecule has 0 spiro atoms. The first kappa shape index (κ1) is 19.3. The molecule has 1 atom stereocenters. The Kier molecular flexibility index (Phi) is 7.34. The molecule has 6 heteroatoms. The maximum atomic E-state index is 13.8. The van der Waals surface area contributed by atoms with E-state index in [4.69, 9.17) is 4.74 Å². The van der Waals surface area contributed by atoms with E-state index in [1.54, 1.807) is 0 Å². The zero-order valence-corrected chi connectivity index (χ0v) is 14.6. The van der Waals surface area contributed by atoms with Crippen LogP contribution in [0.2, 0.25) is 0 Å². The Bertz CT molecular complexity index is 606. The van der Waals surface area contributed by atoms with Crippen LogP contribution in [0.25, 0.3) is 0 Å². The summed E-state index contributed by atoms with van der Waals surface area (Å²) in [5, 5.41) is 0. The molecule has 2 rings (SSSR count). The first-order valence-corrected chi connectivity index (χ1v) is 8.97. The highest BCUT2D eigenvalue weighted by Crippen LogP contribution is 2.23. The van der Waals surface area contributed by atoms with Gasteiger partial charge in [0, 0.05) is 12.6 Å². The van der Waals surface area contributed by atoms with Crippen LogP contribution in [0.4, 0.5) is 8.78 Å². The summed E-state index contributed by atoms with van der Waals surface area (Å²) in [4.78, 5) is 26.1. The van der Waals surface area contributed by atoms with Crippen molar-refractivity contribution in [2.45, 2.75) is 57.9 Å². The number of hydrogen-bond acceptors (Lipinski definition) is 3. The number of hydrogen-bond donors (Lipinski definition) is 0. The quantitative estimate of drug-likeness (QED) is 0.522. The second-order valence-corrected chi connectivity index (χ2v) is 6.36. The normalized spacial score (nSPS) is 16.9. The molecule has 0 aliphatic carbocycles. The van der Waals surface area contributed by atoms with Gasteiger partial charge in [-0.2, -0.15) is 0 Å². The fraction of sp³-hybridized carbons (Fsp3) is 0.579. The number of amides is 1. The lowest BCUT2D eigenvalue weighted by Crippen LogP contribution is -2.41. The molecular weight excluding hydrogens is 328 g/mol. The van der Waals surface area contributed by atoms with Crippen LogP contribution in [0.5, 0.6) is 0 Å². The van der Waals surface area contributed by atoms with E-state index in [1.807, 2.05) is 0 Å². The molecule has 0 saturated carbocycles. The molecule has 1 aromatic carbocycles. The maximum Gasteiger partial charge on any atom is 0.328 e. The van der Waals surface area contributed by atoms with Crippen molar-refractivity contribution in [2.75, 3.05) is 13.2 Å². The molecule has 0 radical (unpaired) electrons. The Balaban J connectivity index is 1.90. The molecule has 0 bridgehead atoms. The van der Waals surface area contributed by atoms with Crippen molar-refractivity contribution in [2.24, 2.45) is 0 Å². The Labute approximate surface area is 147 Å². The molecule has 1 unspecified atom stereocenters. The number of ether oxygens (including phenoxy) is 1. The molecule has 4 nitrogen and oxygen atoms in total. The van der Waals surface area contributed by atoms with Crippen molar-refractivity contribution in [3.8, 4) is 0 Å². The van der Waals surface area contributed by atoms with Crippen LogP contribution in [-0.2, 0) is 9.53 Å². The Hall–Kier alpha value is -1.98. The fourth-order valence-electron chi connectivity index (χ4n) is 3.05. The van der Waals surface area contributed by atoms with Crippen LogP contribution in [0.1, 0.15) is 62.2 Å². The molecule has 1 aromatic rings. The predicted molar refractivity (Wildman–Crippen MR) is 90.1 cm³/mol. The molecule has 0 N–H and O–H groups in total. The van der Waals surface area contributed by atoms with E-state index in [0.29, 0.717) is 32.1 Å². The van der Waals surface area contributed by atoms with Crippen molar-refractivity contribution in [1.82, 2.24) is 4.90 Å². The SMILES string of the molecule is CCCCCCCOC(=O)C1CCCN1C(=O)c1ccc(F)cc1F. The van der Waals surface area contributed by atoms with E-state index < -0.39 is 29.6 Å². The second-order valence-electron chi connectivity index (χ2n) is 6.36. The van der Waals surface area contributed by atoms with Gasteiger partial charge in [0.15, 0.2) is 0 Å². The number of nitrogens with zero attached hydrogens (tertiary/aromatic N) is 1. The topological polar surface area (TPSA) is 46.6 Å². The Morgan fingerprint density at radius 2 is 1.96 bits per heavy atom. The maximum absolute atomic E-state index is 13.8. The minimum absolute atomic E-state index is 0.222. The monoisotopic (exact) mass is 353 g/mol. The number of carbonyl (C=O) groups is 2. The number of esters is 1. The summed E-state index contributed by atoms with van der Waals surface area (Å²) in [6.45, 7) is 2.84. The molecule has 138 valence electrons. The minimum atomic E-state index is -0.917. The summed E-state index contributed by atoms with van der Waals surface area (Å²) in [7, 11) is 0. The zero-order chi connectivity index (χ0) is 18.2. The van der Waals surface area contributed by atoms with Gasteiger partial charge in [0.25, 0.3) is 5.91 Å². The van der Waals surface area contributed by atoms with Crippen molar-refractivity contribution < 1.29 is 23.1 Å². The molecular formula is C19H25F2NO3. The number of carbonyl (C=O) groups excluding carboxylic acids is 2. The second kappa shape index (κ2) is 9.49. The molecule has 1 aliphatic rings. The van der Waals surface area contributed by atoms with Gasteiger partial charge in [-0.25, -0.2) is 13.6 Å². The highest BCUT2D eigenvalue weighted by atomic mass is 19.1. The lowest BCUT2D eigenvalue weighted by molar-refractivity contribution is -0.148. The number of unbranched alkanes of at least 4 members (excludes halogenated alkanes) is 4. The Morgan fingerprint density at radius 3 is 2.68 bits per heavy atom. The van der Waals surface area contributed by atoms with E-state index in [0.717, 1.165) is 37.8 Å². The van der Waals surface area contributed by atoms with Gasteiger partial charge in [-0.1, -0.05) is 32.6 Å². The van der Waals surface area contributed by atoms with Crippen LogP contribution in [0, 0.1) is 11.6 Å². The van der Waals surface area contributed by atoms with Crippen LogP contribution < -0.4 is 0 Å². The smallest absolute Gasteiger partial charge is 0.328 e. The molecule has 1 heterocycles. The van der Waals surface area contributed by atoms with E-state index in [2.05, 4.69) is 6.92 Å². The first-order chi connectivity index (χ1) is 12.0. The summed E-state index contributed by atoms with van der Waals surface area (Å²) in [5.41, 5.74) is -0.222. The van der Waals surface area contributed by atoms with Crippen LogP contribution in [0.3, 0.4) is 0 Å². The van der Waals surface area contributed by atoms with Crippen molar-refractivity contribution in [3.05, 3.63) is 35.4 Å². The van der Waals surface area contributed by atoms with Gasteiger partial charge in [0.05, 0.1) is 12.2 Å². The van der Waals surface area contributed by atoms with Crippen molar-refractivity contribution in [1.29, 1.82) is 0 Å². The van der Waals surface area contributed by atoms with Gasteiger partial charge in [0.2, 0.25) is 0 Å². The number of halogens is 2. The number of likely N-dealkylation sites (tertiary alicyclic amines) is 1. The third-order valence-corrected chi connectivity index (χ3v) is 4.44. The van der Waals surface area contributed by atoms with Crippen LogP contribution >= 0.6 is 0 Å². The van der Waals surface area contributed by atoms with E-state index in [9.17, 15) is 18.4 Å². The molecule has 1 saturated heterocycles. The largest absolute Gasteiger partial charge is 0.464 e. The van der Waals surface area contributed by atoms with E-state index >= 15 is 0 Å². The first-order valence-electron chi connectivity index (χ1n) is 8.97. The fourth-order valence-corrected chi connectivity index (χ4v) is 3.05. The summed E-state index contributed by atoms with van der Waals surface area (Å²) in [6.07, 6.45) is 6.41. The number of rotatable bonds is 8. The van der Waals surface area contributed by atoms with E-state index in [1.165, 1.54) is 11.3 Å². The summed E-state index contributed by atoms with van der Waals surface area (Å²) < 4.78 is 32.1. The molecule has 25 heavy (non-hydrogen) atoms. The molecule has 0 aromatic heterocycles. The molecule has 1 fully saturated rings. The van der Waals surface area contributed by atoms with Crippen LogP contribution in [-0.4, -0.2) is 36.0 Å². The molecule has 1 aliphatic heterocycles. The van der Waals surface area contributed by atoms with Gasteiger partial charge < -0.3 is 9.64 Å². The lowest BCUT2D eigenvalue weighted by Gasteiger charge is -2.23. The average molecular weight is 353 g/mol. The average Bonchev–Trinajstić information content (AvgIpc) is 3.07. The molecule has 1 amide bonds. The zero-order valence-electron chi connectivity index (χ0n) is 14.6. The number of benzene rings is 1. The summed E-state index contributed by atoms with van der Waals surface area (Å²) in [5.74, 6) is -2.70. The highest BCUT2D eigenvalue weighted by molar-refractivity contribution is 5.97. The van der Waals surface area contributed by atoms with E-state index in [-0.39, 0.29) is 5.56 Å². The van der Waals surface area contributed by atoms with Gasteiger partial charge in [0.1, 0.15) is 17.7 Å². The summed E-state index contributed by atoms with van der Waals surface area (Å²) in [6, 6.07) is 2.14. The third-order valence-electron chi connectivity index (χ3n) is 4.44. The Morgan fingerprint density at radius 1 is 1.20 bits per heavy atom. The third kappa shape index (κ3) is 5.25. The predicted octanol–water partition coefficient (Wildman–Crippen LogP) is 4.08. The van der Waals surface area contributed by atoms with Crippen LogP contribution in [0.15, 0.2) is 18.2 Å². The van der Waals surface area contributed by atoms with Crippen molar-refractivity contribution >= 4 is 11.9 Å². The highest BCUT2D eigenvalue weighted by Gasteiger charge is 2.36. The van der Waals surface area contributed by atoms with Gasteiger partial charge in [-0.05, 0) is 31.4 Å². The van der Waals surface area contributed by atoms with Gasteiger partial charge in [-0.3, -0.25) is 4.79 Å². The van der Waals surface area contributed by atoms with Gasteiger partial charge >= 0.3 is 5.97 Å². The minimum Gasteiger partial charge on any atom is -0.464 e. The van der Waals surface area contributed by atoms with Crippen molar-refractivity contribution in [3.63, 3.8) is 0 Å². The summed E-state index contributed by atoms with van der Waals surface area (Å²) >= 11 is 0. The standard InChI is InChI=1S/C19H25F2NO3/c1-2-3-4-5-6-12-25-19(24)17-8-7-11-22(17)18(23)15-10-9-14(20)13-16(15)21/h9-10,13,17H,2-8,11-12H2,1H3. The lowest BCUT2D eigenvalue weighted by atomic mass is 10.1.